The lowest BCUT2D eigenvalue weighted by atomic mass is 10.2. The standard InChI is InChI=1S/C25H28N2O6/c1-17-24(33-18(2)25(29)26-21-7-5-6-8-23(21)31-4)22(28)13-14-27(17)15-16-32-20-11-9-19(30-3)10-12-20/h5-14,18H,15-16H2,1-4H3,(H,26,29). The van der Waals surface area contributed by atoms with Gasteiger partial charge in [0.05, 0.1) is 32.1 Å². The van der Waals surface area contributed by atoms with Crippen molar-refractivity contribution in [2.24, 2.45) is 0 Å². The van der Waals surface area contributed by atoms with E-state index in [1.54, 1.807) is 45.4 Å². The first-order valence-electron chi connectivity index (χ1n) is 10.5. The van der Waals surface area contributed by atoms with Gasteiger partial charge in [0.1, 0.15) is 23.9 Å². The number of hydrogen-bond acceptors (Lipinski definition) is 6. The maximum absolute atomic E-state index is 12.6. The van der Waals surface area contributed by atoms with E-state index in [4.69, 9.17) is 18.9 Å². The van der Waals surface area contributed by atoms with Gasteiger partial charge in [-0.2, -0.15) is 0 Å². The smallest absolute Gasteiger partial charge is 0.265 e. The van der Waals surface area contributed by atoms with Crippen molar-refractivity contribution < 1.29 is 23.7 Å². The fraction of sp³-hybridized carbons (Fsp3) is 0.280. The van der Waals surface area contributed by atoms with E-state index in [0.717, 1.165) is 5.75 Å². The number of rotatable bonds is 10. The first-order valence-corrected chi connectivity index (χ1v) is 10.5. The van der Waals surface area contributed by atoms with Gasteiger partial charge in [-0.1, -0.05) is 12.1 Å². The molecule has 0 aliphatic carbocycles. The summed E-state index contributed by atoms with van der Waals surface area (Å²) < 4.78 is 23.8. The fourth-order valence-electron chi connectivity index (χ4n) is 3.19. The third-order valence-electron chi connectivity index (χ3n) is 5.08. The third-order valence-corrected chi connectivity index (χ3v) is 5.08. The van der Waals surface area contributed by atoms with Gasteiger partial charge < -0.3 is 28.8 Å². The van der Waals surface area contributed by atoms with Gasteiger partial charge in [-0.3, -0.25) is 9.59 Å². The molecule has 0 aliphatic rings. The van der Waals surface area contributed by atoms with E-state index in [2.05, 4.69) is 5.32 Å². The molecule has 2 aromatic carbocycles. The maximum atomic E-state index is 12.6. The number of pyridine rings is 1. The SMILES string of the molecule is COc1ccc(OCCn2ccc(=O)c(OC(C)C(=O)Nc3ccccc3OC)c2C)cc1. The highest BCUT2D eigenvalue weighted by Crippen LogP contribution is 2.24. The summed E-state index contributed by atoms with van der Waals surface area (Å²) >= 11 is 0. The molecule has 0 spiro atoms. The van der Waals surface area contributed by atoms with E-state index in [9.17, 15) is 9.59 Å². The van der Waals surface area contributed by atoms with Gasteiger partial charge >= 0.3 is 0 Å². The topological polar surface area (TPSA) is 88.0 Å². The zero-order valence-corrected chi connectivity index (χ0v) is 19.2. The minimum atomic E-state index is -0.896. The number of benzene rings is 2. The van der Waals surface area contributed by atoms with Crippen LogP contribution in [-0.2, 0) is 11.3 Å². The average molecular weight is 453 g/mol. The molecular weight excluding hydrogens is 424 g/mol. The molecule has 1 amide bonds. The van der Waals surface area contributed by atoms with Gasteiger partial charge in [-0.25, -0.2) is 0 Å². The molecular formula is C25H28N2O6. The number of nitrogens with zero attached hydrogens (tertiary/aromatic N) is 1. The minimum absolute atomic E-state index is 0.129. The van der Waals surface area contributed by atoms with Crippen molar-refractivity contribution in [1.82, 2.24) is 4.57 Å². The van der Waals surface area contributed by atoms with E-state index < -0.39 is 12.0 Å². The van der Waals surface area contributed by atoms with Crippen LogP contribution in [0.25, 0.3) is 0 Å². The van der Waals surface area contributed by atoms with Gasteiger partial charge in [0.15, 0.2) is 11.9 Å². The Kier molecular flexibility index (Phi) is 7.96. The molecule has 8 nitrogen and oxygen atoms in total. The summed E-state index contributed by atoms with van der Waals surface area (Å²) in [6.07, 6.45) is 0.786. The zero-order chi connectivity index (χ0) is 23.8. The van der Waals surface area contributed by atoms with Crippen molar-refractivity contribution in [3.05, 3.63) is 76.7 Å². The number of aromatic nitrogens is 1. The Morgan fingerprint density at radius 1 is 1.00 bits per heavy atom. The number of ether oxygens (including phenoxy) is 4. The largest absolute Gasteiger partial charge is 0.497 e. The van der Waals surface area contributed by atoms with Crippen LogP contribution in [0.3, 0.4) is 0 Å². The lowest BCUT2D eigenvalue weighted by Gasteiger charge is -2.19. The molecule has 1 N–H and O–H groups in total. The second-order valence-electron chi connectivity index (χ2n) is 7.26. The fourth-order valence-corrected chi connectivity index (χ4v) is 3.19. The Morgan fingerprint density at radius 3 is 2.39 bits per heavy atom. The lowest BCUT2D eigenvalue weighted by Crippen LogP contribution is -2.32. The number of methoxy groups -OCH3 is 2. The highest BCUT2D eigenvalue weighted by Gasteiger charge is 2.20. The molecule has 3 aromatic rings. The van der Waals surface area contributed by atoms with Crippen molar-refractivity contribution in [2.75, 3.05) is 26.1 Å². The second kappa shape index (κ2) is 11.1. The monoisotopic (exact) mass is 452 g/mol. The van der Waals surface area contributed by atoms with Crippen LogP contribution in [0.2, 0.25) is 0 Å². The van der Waals surface area contributed by atoms with Crippen LogP contribution < -0.4 is 29.7 Å². The summed E-state index contributed by atoms with van der Waals surface area (Å²) in [5.74, 6) is 1.74. The van der Waals surface area contributed by atoms with Crippen molar-refractivity contribution in [1.29, 1.82) is 0 Å². The summed E-state index contributed by atoms with van der Waals surface area (Å²) in [6, 6.07) is 15.8. The molecule has 8 heteroatoms. The van der Waals surface area contributed by atoms with Gasteiger partial charge in [0, 0.05) is 12.3 Å². The van der Waals surface area contributed by atoms with Crippen molar-refractivity contribution in [3.8, 4) is 23.0 Å². The first-order chi connectivity index (χ1) is 15.9. The highest BCUT2D eigenvalue weighted by atomic mass is 16.5. The number of carbonyl (C=O) groups is 1. The Labute approximate surface area is 192 Å². The van der Waals surface area contributed by atoms with Crippen molar-refractivity contribution in [3.63, 3.8) is 0 Å². The number of para-hydroxylation sites is 2. The van der Waals surface area contributed by atoms with E-state index >= 15 is 0 Å². The molecule has 0 bridgehead atoms. The van der Waals surface area contributed by atoms with Crippen LogP contribution in [-0.4, -0.2) is 37.4 Å². The number of carbonyl (C=O) groups excluding carboxylic acids is 1. The van der Waals surface area contributed by atoms with Gasteiger partial charge in [0.2, 0.25) is 5.43 Å². The molecule has 0 saturated carbocycles. The highest BCUT2D eigenvalue weighted by molar-refractivity contribution is 5.95. The van der Waals surface area contributed by atoms with E-state index in [1.807, 2.05) is 34.9 Å². The third kappa shape index (κ3) is 6.06. The molecule has 0 fully saturated rings. The summed E-state index contributed by atoms with van der Waals surface area (Å²) in [5.41, 5.74) is 0.841. The van der Waals surface area contributed by atoms with Crippen LogP contribution >= 0.6 is 0 Å². The normalized spacial score (nSPS) is 11.4. The molecule has 3 rings (SSSR count). The number of anilines is 1. The van der Waals surface area contributed by atoms with E-state index in [1.165, 1.54) is 13.2 Å². The van der Waals surface area contributed by atoms with Crippen molar-refractivity contribution in [2.45, 2.75) is 26.5 Å². The molecule has 1 unspecified atom stereocenters. The summed E-state index contributed by atoms with van der Waals surface area (Å²) in [4.78, 5) is 25.1. The Morgan fingerprint density at radius 2 is 1.70 bits per heavy atom. The second-order valence-corrected chi connectivity index (χ2v) is 7.26. The molecule has 1 aromatic heterocycles. The van der Waals surface area contributed by atoms with Gasteiger partial charge in [-0.05, 0) is 50.2 Å². The van der Waals surface area contributed by atoms with E-state index in [0.29, 0.717) is 36.0 Å². The molecule has 0 saturated heterocycles. The lowest BCUT2D eigenvalue weighted by molar-refractivity contribution is -0.122. The van der Waals surface area contributed by atoms with Crippen molar-refractivity contribution >= 4 is 11.6 Å². The van der Waals surface area contributed by atoms with Crippen LogP contribution in [0.15, 0.2) is 65.6 Å². The number of hydrogen-bond donors (Lipinski definition) is 1. The quantitative estimate of drug-likeness (QED) is 0.505. The summed E-state index contributed by atoms with van der Waals surface area (Å²) in [6.45, 7) is 4.25. The molecule has 0 radical (unpaired) electrons. The summed E-state index contributed by atoms with van der Waals surface area (Å²) in [5, 5.41) is 2.77. The molecule has 0 aliphatic heterocycles. The van der Waals surface area contributed by atoms with Crippen LogP contribution in [0.1, 0.15) is 12.6 Å². The predicted molar refractivity (Wildman–Crippen MR) is 126 cm³/mol. The molecule has 1 heterocycles. The van der Waals surface area contributed by atoms with Gasteiger partial charge in [-0.15, -0.1) is 0 Å². The van der Waals surface area contributed by atoms with Crippen LogP contribution in [0.4, 0.5) is 5.69 Å². The molecule has 33 heavy (non-hydrogen) atoms. The minimum Gasteiger partial charge on any atom is -0.497 e. The predicted octanol–water partition coefficient (Wildman–Crippen LogP) is 3.66. The Bertz CT molecular complexity index is 1140. The molecule has 174 valence electrons. The van der Waals surface area contributed by atoms with E-state index in [-0.39, 0.29) is 11.2 Å². The number of nitrogens with one attached hydrogen (secondary N) is 1. The Hall–Kier alpha value is -3.94. The summed E-state index contributed by atoms with van der Waals surface area (Å²) in [7, 11) is 3.14. The average Bonchev–Trinajstić information content (AvgIpc) is 2.83. The Balaban J connectivity index is 1.64. The van der Waals surface area contributed by atoms with Crippen LogP contribution in [0.5, 0.6) is 23.0 Å². The zero-order valence-electron chi connectivity index (χ0n) is 19.2. The first kappa shape index (κ1) is 23.7. The number of amides is 1. The maximum Gasteiger partial charge on any atom is 0.265 e. The molecule has 1 atom stereocenters. The van der Waals surface area contributed by atoms with Gasteiger partial charge in [0.25, 0.3) is 5.91 Å². The van der Waals surface area contributed by atoms with Crippen LogP contribution in [0, 0.1) is 6.92 Å².